The Morgan fingerprint density at radius 1 is 1.45 bits per heavy atom. The number of hydrogen-bond donors (Lipinski definition) is 2. The van der Waals surface area contributed by atoms with Crippen LogP contribution in [-0.2, 0) is 0 Å². The van der Waals surface area contributed by atoms with E-state index >= 15 is 0 Å². The highest BCUT2D eigenvalue weighted by atomic mass is 19.1. The fraction of sp³-hybridized carbons (Fsp3) is 0. The van der Waals surface area contributed by atoms with Gasteiger partial charge in [-0.1, -0.05) is 0 Å². The second kappa shape index (κ2) is 5.75. The van der Waals surface area contributed by atoms with E-state index in [-0.39, 0.29) is 17.1 Å². The smallest absolute Gasteiger partial charge is 0.216 e. The lowest BCUT2D eigenvalue weighted by molar-refractivity contribution is 0.607. The first-order valence-electron chi connectivity index (χ1n) is 5.91. The van der Waals surface area contributed by atoms with Gasteiger partial charge in [0.25, 0.3) is 0 Å². The minimum absolute atomic E-state index is 0.151. The number of nitrogens with zero attached hydrogens (tertiary/aromatic N) is 8. The monoisotopic (exact) mass is 298 g/mol. The Labute approximate surface area is 122 Å². The third kappa shape index (κ3) is 2.61. The molecule has 11 heteroatoms. The molecule has 3 aromatic rings. The number of tetrazole rings is 2. The molecule has 2 heterocycles. The molecule has 0 atom stereocenters. The molecule has 2 aromatic heterocycles. The van der Waals surface area contributed by atoms with E-state index in [0.717, 1.165) is 0 Å². The van der Waals surface area contributed by atoms with Crippen LogP contribution < -0.4 is 5.32 Å². The summed E-state index contributed by atoms with van der Waals surface area (Å²) >= 11 is 0. The molecule has 0 unspecified atom stereocenters. The van der Waals surface area contributed by atoms with Crippen molar-refractivity contribution in [3.05, 3.63) is 42.4 Å². The maximum atomic E-state index is 13.8. The van der Waals surface area contributed by atoms with Crippen LogP contribution in [0.1, 0.15) is 5.82 Å². The van der Waals surface area contributed by atoms with E-state index in [9.17, 15) is 4.39 Å². The van der Waals surface area contributed by atoms with Crippen LogP contribution in [0.15, 0.2) is 30.7 Å². The molecule has 0 spiro atoms. The van der Waals surface area contributed by atoms with Crippen molar-refractivity contribution in [1.29, 1.82) is 5.26 Å². The van der Waals surface area contributed by atoms with E-state index < -0.39 is 5.82 Å². The van der Waals surface area contributed by atoms with Crippen LogP contribution >= 0.6 is 0 Å². The van der Waals surface area contributed by atoms with Gasteiger partial charge in [-0.25, -0.2) is 4.39 Å². The molecule has 0 aliphatic carbocycles. The number of nitrogens with one attached hydrogen (secondary N) is 2. The fourth-order valence-corrected chi connectivity index (χ4v) is 1.63. The second-order valence-corrected chi connectivity index (χ2v) is 3.97. The normalized spacial score (nSPS) is 11.2. The Bertz CT molecular complexity index is 830. The van der Waals surface area contributed by atoms with Gasteiger partial charge < -0.3 is 5.32 Å². The second-order valence-electron chi connectivity index (χ2n) is 3.97. The van der Waals surface area contributed by atoms with E-state index in [1.165, 1.54) is 35.4 Å². The van der Waals surface area contributed by atoms with E-state index in [4.69, 9.17) is 5.26 Å². The standard InChI is InChI=1S/C11H7FN10/c12-9-2-1-8(3-10(9)22-6-15-18-21-22)14-5-7(4-13)11-16-19-20-17-11/h1-3,5-6,14H,(H,16,17,19,20). The zero-order valence-electron chi connectivity index (χ0n) is 10.8. The first kappa shape index (κ1) is 13.3. The van der Waals surface area contributed by atoms with Gasteiger partial charge >= 0.3 is 0 Å². The average Bonchev–Trinajstić information content (AvgIpc) is 3.22. The highest BCUT2D eigenvalue weighted by molar-refractivity contribution is 5.74. The summed E-state index contributed by atoms with van der Waals surface area (Å²) in [6.45, 7) is 0. The molecule has 0 saturated carbocycles. The maximum absolute atomic E-state index is 13.8. The number of H-pyrrole nitrogens is 1. The molecular weight excluding hydrogens is 291 g/mol. The topological polar surface area (TPSA) is 134 Å². The molecular formula is C11H7FN10. The van der Waals surface area contributed by atoms with Crippen molar-refractivity contribution in [1.82, 2.24) is 40.8 Å². The first-order chi connectivity index (χ1) is 10.8. The molecule has 0 aliphatic heterocycles. The molecule has 0 radical (unpaired) electrons. The van der Waals surface area contributed by atoms with Gasteiger partial charge in [0.15, 0.2) is 0 Å². The van der Waals surface area contributed by atoms with Crippen LogP contribution in [-0.4, -0.2) is 40.8 Å². The predicted molar refractivity (Wildman–Crippen MR) is 70.5 cm³/mol. The molecule has 0 saturated heterocycles. The summed E-state index contributed by atoms with van der Waals surface area (Å²) in [5.41, 5.74) is 0.867. The summed E-state index contributed by atoms with van der Waals surface area (Å²) in [6.07, 6.45) is 2.67. The number of aromatic nitrogens is 8. The number of halogens is 1. The van der Waals surface area contributed by atoms with Crippen LogP contribution in [0.3, 0.4) is 0 Å². The van der Waals surface area contributed by atoms with Crippen molar-refractivity contribution in [3.63, 3.8) is 0 Å². The Balaban J connectivity index is 1.87. The van der Waals surface area contributed by atoms with E-state index in [2.05, 4.69) is 41.5 Å². The van der Waals surface area contributed by atoms with Crippen LogP contribution in [0.4, 0.5) is 10.1 Å². The van der Waals surface area contributed by atoms with Crippen molar-refractivity contribution in [2.24, 2.45) is 0 Å². The summed E-state index contributed by atoms with van der Waals surface area (Å²) in [4.78, 5) is 0. The lowest BCUT2D eigenvalue weighted by Gasteiger charge is -2.05. The largest absolute Gasteiger partial charge is 0.360 e. The fourth-order valence-electron chi connectivity index (χ4n) is 1.63. The lowest BCUT2D eigenvalue weighted by Crippen LogP contribution is -2.00. The summed E-state index contributed by atoms with van der Waals surface area (Å²) < 4.78 is 15.0. The van der Waals surface area contributed by atoms with Crippen molar-refractivity contribution in [2.45, 2.75) is 0 Å². The van der Waals surface area contributed by atoms with Gasteiger partial charge in [0, 0.05) is 11.9 Å². The molecule has 0 fully saturated rings. The zero-order chi connectivity index (χ0) is 15.4. The maximum Gasteiger partial charge on any atom is 0.216 e. The molecule has 2 N–H and O–H groups in total. The number of benzene rings is 1. The van der Waals surface area contributed by atoms with Gasteiger partial charge in [0.1, 0.15) is 29.5 Å². The van der Waals surface area contributed by atoms with Crippen molar-refractivity contribution < 1.29 is 4.39 Å². The lowest BCUT2D eigenvalue weighted by atomic mass is 10.2. The van der Waals surface area contributed by atoms with Crippen molar-refractivity contribution in [3.8, 4) is 11.8 Å². The number of allylic oxidation sites excluding steroid dienone is 1. The van der Waals surface area contributed by atoms with E-state index in [1.807, 2.05) is 6.07 Å². The average molecular weight is 298 g/mol. The summed E-state index contributed by atoms with van der Waals surface area (Å²) in [5, 5.41) is 35.5. The summed E-state index contributed by atoms with van der Waals surface area (Å²) in [6, 6.07) is 6.19. The van der Waals surface area contributed by atoms with Crippen LogP contribution in [0.25, 0.3) is 11.3 Å². The molecule has 108 valence electrons. The highest BCUT2D eigenvalue weighted by Gasteiger charge is 2.08. The Hall–Kier alpha value is -3.68. The van der Waals surface area contributed by atoms with Gasteiger partial charge in [-0.3, -0.25) is 0 Å². The van der Waals surface area contributed by atoms with Crippen LogP contribution in [0.2, 0.25) is 0 Å². The number of nitriles is 1. The highest BCUT2D eigenvalue weighted by Crippen LogP contribution is 2.18. The molecule has 22 heavy (non-hydrogen) atoms. The molecule has 3 rings (SSSR count). The minimum Gasteiger partial charge on any atom is -0.360 e. The van der Waals surface area contributed by atoms with Gasteiger partial charge in [0.2, 0.25) is 5.82 Å². The SMILES string of the molecule is N#CC(=CNc1ccc(F)c(-n2cnnn2)c1)c1nn[nH]n1. The third-order valence-corrected chi connectivity index (χ3v) is 2.63. The summed E-state index contributed by atoms with van der Waals surface area (Å²) in [7, 11) is 0. The Morgan fingerprint density at radius 2 is 2.36 bits per heavy atom. The van der Waals surface area contributed by atoms with E-state index in [1.54, 1.807) is 0 Å². The van der Waals surface area contributed by atoms with Gasteiger partial charge in [-0.2, -0.15) is 15.2 Å². The predicted octanol–water partition coefficient (Wildman–Crippen LogP) is 0.291. The summed E-state index contributed by atoms with van der Waals surface area (Å²) in [5.74, 6) is -0.335. The van der Waals surface area contributed by atoms with Crippen LogP contribution in [0, 0.1) is 17.1 Å². The van der Waals surface area contributed by atoms with Gasteiger partial charge in [-0.15, -0.1) is 15.3 Å². The van der Waals surface area contributed by atoms with Crippen LogP contribution in [0.5, 0.6) is 0 Å². The van der Waals surface area contributed by atoms with Gasteiger partial charge in [0.05, 0.1) is 0 Å². The number of anilines is 1. The Kier molecular flexibility index (Phi) is 3.48. The zero-order valence-corrected chi connectivity index (χ0v) is 10.8. The first-order valence-corrected chi connectivity index (χ1v) is 5.91. The molecule has 10 nitrogen and oxygen atoms in total. The van der Waals surface area contributed by atoms with Gasteiger partial charge in [-0.05, 0) is 33.8 Å². The number of aromatic amines is 1. The molecule has 0 aliphatic rings. The number of hydrogen-bond acceptors (Lipinski definition) is 8. The molecule has 0 amide bonds. The van der Waals surface area contributed by atoms with Crippen molar-refractivity contribution in [2.75, 3.05) is 5.32 Å². The third-order valence-electron chi connectivity index (χ3n) is 2.63. The Morgan fingerprint density at radius 3 is 3.05 bits per heavy atom. The van der Waals surface area contributed by atoms with Crippen molar-refractivity contribution >= 4 is 11.3 Å². The van der Waals surface area contributed by atoms with E-state index in [0.29, 0.717) is 5.69 Å². The molecule has 0 bridgehead atoms. The molecule has 1 aromatic carbocycles. The quantitative estimate of drug-likeness (QED) is 0.656. The minimum atomic E-state index is -0.486. The number of rotatable bonds is 4.